The van der Waals surface area contributed by atoms with Crippen molar-refractivity contribution in [3.63, 3.8) is 0 Å². The first-order valence-electron chi connectivity index (χ1n) is 6.98. The lowest BCUT2D eigenvalue weighted by Gasteiger charge is -2.33. The van der Waals surface area contributed by atoms with Crippen molar-refractivity contribution in [2.75, 3.05) is 44.4 Å². The topological polar surface area (TPSA) is 54.4 Å². The summed E-state index contributed by atoms with van der Waals surface area (Å²) < 4.78 is 8.04. The van der Waals surface area contributed by atoms with Gasteiger partial charge in [0.1, 0.15) is 11.0 Å². The highest BCUT2D eigenvalue weighted by molar-refractivity contribution is 8.00. The maximum absolute atomic E-state index is 5.92. The van der Waals surface area contributed by atoms with Crippen LogP contribution in [0.15, 0.2) is 10.7 Å². The van der Waals surface area contributed by atoms with E-state index in [9.17, 15) is 0 Å². The smallest absolute Gasteiger partial charge is 0.176 e. The summed E-state index contributed by atoms with van der Waals surface area (Å²) in [7, 11) is 2.18. The summed E-state index contributed by atoms with van der Waals surface area (Å²) in [6.45, 7) is 3.68. The van der Waals surface area contributed by atoms with E-state index in [1.165, 1.54) is 0 Å². The number of aromatic nitrogens is 3. The summed E-state index contributed by atoms with van der Waals surface area (Å²) in [6.07, 6.45) is 3.94. The molecule has 2 aliphatic heterocycles. The molecule has 2 unspecified atom stereocenters. The number of hydrogen-bond acceptors (Lipinski definition) is 8. The van der Waals surface area contributed by atoms with Gasteiger partial charge in [0.05, 0.1) is 18.8 Å². The maximum Gasteiger partial charge on any atom is 0.176 e. The molecule has 0 amide bonds. The predicted octanol–water partition coefficient (Wildman–Crippen LogP) is 1.33. The van der Waals surface area contributed by atoms with Crippen LogP contribution < -0.4 is 4.90 Å². The molecule has 112 valence electrons. The third-order valence-electron chi connectivity index (χ3n) is 4.21. The molecule has 2 atom stereocenters. The van der Waals surface area contributed by atoms with Gasteiger partial charge in [-0.1, -0.05) is 11.8 Å². The molecule has 2 aromatic heterocycles. The lowest BCUT2D eigenvalue weighted by Crippen LogP contribution is -2.48. The number of fused-ring (bicyclic) bond motifs is 2. The minimum atomic E-state index is 0.279. The standard InChI is InChI=1S/C13H17N5OS2/c1-17-3-4-19-9-6-18(5-8(9)17)12-10-11(14-7-15-12)16-13(20-2)21-10/h7-9H,3-6H2,1-2H3. The van der Waals surface area contributed by atoms with Crippen molar-refractivity contribution >= 4 is 39.3 Å². The van der Waals surface area contributed by atoms with Crippen LogP contribution in [-0.4, -0.2) is 71.5 Å². The minimum Gasteiger partial charge on any atom is -0.373 e. The van der Waals surface area contributed by atoms with Crippen molar-refractivity contribution in [3.05, 3.63) is 6.33 Å². The predicted molar refractivity (Wildman–Crippen MR) is 85.4 cm³/mol. The van der Waals surface area contributed by atoms with Gasteiger partial charge >= 0.3 is 0 Å². The number of ether oxygens (including phenoxy) is 1. The lowest BCUT2D eigenvalue weighted by atomic mass is 10.1. The molecule has 21 heavy (non-hydrogen) atoms. The molecular formula is C13H17N5OS2. The second-order valence-electron chi connectivity index (χ2n) is 5.40. The molecule has 0 N–H and O–H groups in total. The van der Waals surface area contributed by atoms with Crippen LogP contribution in [-0.2, 0) is 4.74 Å². The third-order valence-corrected chi connectivity index (χ3v) is 6.23. The second kappa shape index (κ2) is 5.35. The Kier molecular flexibility index (Phi) is 3.49. The molecule has 2 aromatic rings. The van der Waals surface area contributed by atoms with Crippen LogP contribution in [0.1, 0.15) is 0 Å². The Balaban J connectivity index is 1.69. The van der Waals surface area contributed by atoms with Crippen LogP contribution in [0, 0.1) is 0 Å². The van der Waals surface area contributed by atoms with E-state index in [0.717, 1.165) is 46.7 Å². The van der Waals surface area contributed by atoms with Gasteiger partial charge in [-0.3, -0.25) is 4.90 Å². The van der Waals surface area contributed by atoms with Gasteiger partial charge in [0, 0.05) is 19.6 Å². The Morgan fingerprint density at radius 3 is 3.10 bits per heavy atom. The van der Waals surface area contributed by atoms with Crippen molar-refractivity contribution in [1.29, 1.82) is 0 Å². The quantitative estimate of drug-likeness (QED) is 0.773. The third kappa shape index (κ3) is 2.30. The van der Waals surface area contributed by atoms with Gasteiger partial charge in [0.2, 0.25) is 0 Å². The van der Waals surface area contributed by atoms with E-state index >= 15 is 0 Å². The average molecular weight is 323 g/mol. The van der Waals surface area contributed by atoms with Crippen LogP contribution in [0.25, 0.3) is 10.3 Å². The van der Waals surface area contributed by atoms with Crippen LogP contribution >= 0.6 is 23.1 Å². The Morgan fingerprint density at radius 1 is 1.38 bits per heavy atom. The molecule has 0 aromatic carbocycles. The van der Waals surface area contributed by atoms with Gasteiger partial charge in [0.25, 0.3) is 0 Å². The molecule has 4 rings (SSSR count). The molecule has 0 radical (unpaired) electrons. The largest absolute Gasteiger partial charge is 0.373 e. The van der Waals surface area contributed by atoms with Crippen molar-refractivity contribution < 1.29 is 4.74 Å². The zero-order valence-corrected chi connectivity index (χ0v) is 13.7. The summed E-state index contributed by atoms with van der Waals surface area (Å²) in [5, 5.41) is 0. The first-order chi connectivity index (χ1) is 10.3. The Morgan fingerprint density at radius 2 is 2.29 bits per heavy atom. The number of anilines is 1. The average Bonchev–Trinajstić information content (AvgIpc) is 3.10. The fourth-order valence-electron chi connectivity index (χ4n) is 3.07. The SMILES string of the molecule is CSc1nc2ncnc(N3CC4OCCN(C)C4C3)c2s1. The number of morpholine rings is 1. The number of thiazole rings is 1. The van der Waals surface area contributed by atoms with E-state index in [2.05, 4.69) is 31.8 Å². The van der Waals surface area contributed by atoms with Gasteiger partial charge in [-0.25, -0.2) is 15.0 Å². The fourth-order valence-corrected chi connectivity index (χ4v) is 4.60. The Hall–Kier alpha value is -0.960. The summed E-state index contributed by atoms with van der Waals surface area (Å²) in [4.78, 5) is 18.1. The maximum atomic E-state index is 5.92. The Labute approximate surface area is 131 Å². The zero-order valence-electron chi connectivity index (χ0n) is 12.0. The summed E-state index contributed by atoms with van der Waals surface area (Å²) >= 11 is 3.33. The number of likely N-dealkylation sites (N-methyl/N-ethyl adjacent to an activating group) is 1. The monoisotopic (exact) mass is 323 g/mol. The molecule has 0 bridgehead atoms. The number of rotatable bonds is 2. The lowest BCUT2D eigenvalue weighted by molar-refractivity contribution is -0.0362. The van der Waals surface area contributed by atoms with Crippen LogP contribution in [0.3, 0.4) is 0 Å². The highest BCUT2D eigenvalue weighted by atomic mass is 32.2. The molecular weight excluding hydrogens is 306 g/mol. The van der Waals surface area contributed by atoms with Gasteiger partial charge in [0.15, 0.2) is 15.8 Å². The van der Waals surface area contributed by atoms with E-state index in [1.54, 1.807) is 29.4 Å². The summed E-state index contributed by atoms with van der Waals surface area (Å²) in [6, 6.07) is 0.455. The van der Waals surface area contributed by atoms with Gasteiger partial charge in [-0.15, -0.1) is 11.3 Å². The highest BCUT2D eigenvalue weighted by Crippen LogP contribution is 2.35. The molecule has 0 aliphatic carbocycles. The van der Waals surface area contributed by atoms with Crippen molar-refractivity contribution in [3.8, 4) is 0 Å². The van der Waals surface area contributed by atoms with E-state index in [4.69, 9.17) is 4.74 Å². The molecule has 2 fully saturated rings. The summed E-state index contributed by atoms with van der Waals surface area (Å²) in [5.41, 5.74) is 0.804. The van der Waals surface area contributed by atoms with Crippen molar-refractivity contribution in [2.45, 2.75) is 16.5 Å². The van der Waals surface area contributed by atoms with Crippen LogP contribution in [0.2, 0.25) is 0 Å². The van der Waals surface area contributed by atoms with Gasteiger partial charge < -0.3 is 9.64 Å². The fraction of sp³-hybridized carbons (Fsp3) is 0.615. The first-order valence-corrected chi connectivity index (χ1v) is 9.02. The Bertz CT molecular complexity index is 663. The molecule has 0 saturated carbocycles. The molecule has 4 heterocycles. The highest BCUT2D eigenvalue weighted by Gasteiger charge is 2.39. The molecule has 2 saturated heterocycles. The number of nitrogens with zero attached hydrogens (tertiary/aromatic N) is 5. The van der Waals surface area contributed by atoms with Crippen LogP contribution in [0.5, 0.6) is 0 Å². The molecule has 0 spiro atoms. The van der Waals surface area contributed by atoms with E-state index in [1.807, 2.05) is 6.26 Å². The van der Waals surface area contributed by atoms with Crippen molar-refractivity contribution in [2.24, 2.45) is 0 Å². The molecule has 8 heteroatoms. The molecule has 2 aliphatic rings. The number of hydrogen-bond donors (Lipinski definition) is 0. The van der Waals surface area contributed by atoms with E-state index in [0.29, 0.717) is 6.04 Å². The van der Waals surface area contributed by atoms with E-state index < -0.39 is 0 Å². The zero-order chi connectivity index (χ0) is 14.4. The first kappa shape index (κ1) is 13.7. The van der Waals surface area contributed by atoms with E-state index in [-0.39, 0.29) is 6.10 Å². The number of thioether (sulfide) groups is 1. The van der Waals surface area contributed by atoms with Crippen molar-refractivity contribution in [1.82, 2.24) is 19.9 Å². The second-order valence-corrected chi connectivity index (χ2v) is 7.45. The summed E-state index contributed by atoms with van der Waals surface area (Å²) in [5.74, 6) is 1.00. The van der Waals surface area contributed by atoms with Gasteiger partial charge in [-0.2, -0.15) is 0 Å². The normalized spacial score (nSPS) is 26.5. The molecule has 6 nitrogen and oxygen atoms in total. The minimum absolute atomic E-state index is 0.279. The van der Waals surface area contributed by atoms with Crippen LogP contribution in [0.4, 0.5) is 5.82 Å². The van der Waals surface area contributed by atoms with Gasteiger partial charge in [-0.05, 0) is 13.3 Å².